The van der Waals surface area contributed by atoms with E-state index in [1.54, 1.807) is 0 Å². The zero-order valence-corrected chi connectivity index (χ0v) is 5.94. The molecule has 0 atom stereocenters. The van der Waals surface area contributed by atoms with Crippen LogP contribution < -0.4 is 5.32 Å². The van der Waals surface area contributed by atoms with E-state index < -0.39 is 6.03 Å². The fraction of sp³-hybridized carbons (Fsp3) is 0.750. The van der Waals surface area contributed by atoms with Crippen molar-refractivity contribution in [3.8, 4) is 0 Å². The minimum atomic E-state index is -0.713. The first kappa shape index (κ1) is 10.7. The van der Waals surface area contributed by atoms with Crippen molar-refractivity contribution in [2.45, 2.75) is 19.9 Å². The standard InChI is InChI=1S/C4H10N2O.Fe/c1-3(2)6-4(5)7;/h3H,1-2H3,(H3,5,6,7);/p-1. The molecule has 0 radical (unpaired) electrons. The van der Waals surface area contributed by atoms with Crippen molar-refractivity contribution >= 4 is 6.03 Å². The van der Waals surface area contributed by atoms with Crippen LogP contribution in [0.25, 0.3) is 5.73 Å². The van der Waals surface area contributed by atoms with E-state index in [0.29, 0.717) is 0 Å². The van der Waals surface area contributed by atoms with E-state index in [4.69, 9.17) is 5.73 Å². The fourth-order valence-corrected chi connectivity index (χ4v) is 0.262. The average molecular weight is 157 g/mol. The summed E-state index contributed by atoms with van der Waals surface area (Å²) in [5.74, 6) is 0. The maximum Gasteiger partial charge on any atom is 0.150 e. The van der Waals surface area contributed by atoms with Crippen LogP contribution in [0.2, 0.25) is 0 Å². The summed E-state index contributed by atoms with van der Waals surface area (Å²) in [6, 6.07) is -0.625. The van der Waals surface area contributed by atoms with Gasteiger partial charge in [0.25, 0.3) is 0 Å². The van der Waals surface area contributed by atoms with Crippen molar-refractivity contribution in [2.75, 3.05) is 0 Å². The molecule has 0 aromatic carbocycles. The van der Waals surface area contributed by atoms with E-state index in [0.717, 1.165) is 0 Å². The number of hydrogen-bond donors (Lipinski definition) is 1. The summed E-state index contributed by atoms with van der Waals surface area (Å²) in [7, 11) is 0. The van der Waals surface area contributed by atoms with Gasteiger partial charge in [0, 0.05) is 17.1 Å². The first-order chi connectivity index (χ1) is 3.13. The third-order valence-corrected chi connectivity index (χ3v) is 0.420. The van der Waals surface area contributed by atoms with E-state index in [-0.39, 0.29) is 23.1 Å². The van der Waals surface area contributed by atoms with Gasteiger partial charge in [-0.05, 0) is 6.04 Å². The SMILES string of the molecule is CC(C)NC([NH-])=O.[Fe]. The minimum Gasteiger partial charge on any atom is -0.447 e. The van der Waals surface area contributed by atoms with Gasteiger partial charge < -0.3 is 11.1 Å². The Morgan fingerprint density at radius 1 is 1.62 bits per heavy atom. The Morgan fingerprint density at radius 2 is 2.00 bits per heavy atom. The Morgan fingerprint density at radius 3 is 2.00 bits per heavy atom. The summed E-state index contributed by atoms with van der Waals surface area (Å²) in [6.45, 7) is 3.62. The minimum absolute atomic E-state index is 0. The second-order valence-corrected chi connectivity index (χ2v) is 1.63. The molecule has 2 N–H and O–H groups in total. The maximum atomic E-state index is 9.81. The molecule has 0 rings (SSSR count). The quantitative estimate of drug-likeness (QED) is 0.570. The first-order valence-corrected chi connectivity index (χ1v) is 2.15. The Hall–Kier alpha value is -0.211. The largest absolute Gasteiger partial charge is 0.447 e. The van der Waals surface area contributed by atoms with Crippen LogP contribution in [0, 0.1) is 0 Å². The molecule has 0 spiro atoms. The number of rotatable bonds is 1. The molecule has 0 aliphatic heterocycles. The van der Waals surface area contributed by atoms with Crippen molar-refractivity contribution < 1.29 is 21.9 Å². The van der Waals surface area contributed by atoms with E-state index in [1.807, 2.05) is 13.8 Å². The molecule has 0 aliphatic carbocycles. The van der Waals surface area contributed by atoms with Crippen LogP contribution in [-0.4, -0.2) is 12.1 Å². The van der Waals surface area contributed by atoms with Gasteiger partial charge in [0.15, 0.2) is 0 Å². The molecule has 0 unspecified atom stereocenters. The maximum absolute atomic E-state index is 9.81. The average Bonchev–Trinajstić information content (AvgIpc) is 1.27. The zero-order valence-electron chi connectivity index (χ0n) is 4.84. The van der Waals surface area contributed by atoms with Crippen molar-refractivity contribution in [1.29, 1.82) is 0 Å². The van der Waals surface area contributed by atoms with E-state index in [1.165, 1.54) is 0 Å². The van der Waals surface area contributed by atoms with Crippen molar-refractivity contribution in [2.24, 2.45) is 0 Å². The summed E-state index contributed by atoms with van der Waals surface area (Å²) in [5, 5.41) is 2.33. The molecule has 0 heterocycles. The van der Waals surface area contributed by atoms with Crippen LogP contribution in [0.5, 0.6) is 0 Å². The fourth-order valence-electron chi connectivity index (χ4n) is 0.262. The molecule has 4 heteroatoms. The molecule has 8 heavy (non-hydrogen) atoms. The van der Waals surface area contributed by atoms with Gasteiger partial charge in [0.05, 0.1) is 0 Å². The van der Waals surface area contributed by atoms with E-state index >= 15 is 0 Å². The van der Waals surface area contributed by atoms with Crippen molar-refractivity contribution in [3.63, 3.8) is 0 Å². The van der Waals surface area contributed by atoms with Crippen LogP contribution in [-0.2, 0) is 17.1 Å². The monoisotopic (exact) mass is 157 g/mol. The predicted molar refractivity (Wildman–Crippen MR) is 28.0 cm³/mol. The molecule has 0 aromatic rings. The van der Waals surface area contributed by atoms with Crippen LogP contribution in [0.1, 0.15) is 13.8 Å². The van der Waals surface area contributed by atoms with Crippen LogP contribution in [0.4, 0.5) is 4.79 Å². The van der Waals surface area contributed by atoms with Gasteiger partial charge in [-0.25, -0.2) is 0 Å². The Balaban J connectivity index is 0. The molecule has 0 saturated heterocycles. The molecule has 0 fully saturated rings. The van der Waals surface area contributed by atoms with Gasteiger partial charge in [-0.1, -0.05) is 13.8 Å². The van der Waals surface area contributed by atoms with Gasteiger partial charge in [0.2, 0.25) is 0 Å². The van der Waals surface area contributed by atoms with Crippen molar-refractivity contribution in [3.05, 3.63) is 5.73 Å². The van der Waals surface area contributed by atoms with Gasteiger partial charge in [-0.15, -0.1) is 0 Å². The number of carbonyl (C=O) groups excluding carboxylic acids is 1. The summed E-state index contributed by atoms with van der Waals surface area (Å²) >= 11 is 0. The van der Waals surface area contributed by atoms with Gasteiger partial charge in [0.1, 0.15) is 6.03 Å². The third kappa shape index (κ3) is 9.25. The number of carbonyl (C=O) groups is 1. The molecular weight excluding hydrogens is 148 g/mol. The number of amides is 2. The first-order valence-electron chi connectivity index (χ1n) is 2.15. The molecule has 0 aromatic heterocycles. The third-order valence-electron chi connectivity index (χ3n) is 0.420. The summed E-state index contributed by atoms with van der Waals surface area (Å²) < 4.78 is 0. The summed E-state index contributed by atoms with van der Waals surface area (Å²) in [6.07, 6.45) is 0. The number of nitrogens with one attached hydrogen (secondary N) is 2. The molecule has 0 aliphatic rings. The molecular formula is C4H9FeN2O-. The summed E-state index contributed by atoms with van der Waals surface area (Å²) in [5.41, 5.74) is 6.36. The Labute approximate surface area is 59.5 Å². The van der Waals surface area contributed by atoms with Gasteiger partial charge in [-0.3, -0.25) is 4.79 Å². The van der Waals surface area contributed by atoms with Crippen molar-refractivity contribution in [1.82, 2.24) is 5.32 Å². The zero-order chi connectivity index (χ0) is 5.86. The number of urea groups is 1. The van der Waals surface area contributed by atoms with Gasteiger partial charge >= 0.3 is 0 Å². The summed E-state index contributed by atoms with van der Waals surface area (Å²) in [4.78, 5) is 9.81. The Bertz CT molecular complexity index is 74.4. The second kappa shape index (κ2) is 4.94. The number of hydrogen-bond acceptors (Lipinski definition) is 1. The second-order valence-electron chi connectivity index (χ2n) is 1.63. The molecule has 0 bridgehead atoms. The van der Waals surface area contributed by atoms with E-state index in [9.17, 15) is 4.79 Å². The van der Waals surface area contributed by atoms with Crippen LogP contribution in [0.15, 0.2) is 0 Å². The molecule has 50 valence electrons. The molecule has 3 nitrogen and oxygen atoms in total. The van der Waals surface area contributed by atoms with E-state index in [2.05, 4.69) is 5.32 Å². The smallest absolute Gasteiger partial charge is 0.150 e. The predicted octanol–water partition coefficient (Wildman–Crippen LogP) is 1.15. The normalized spacial score (nSPS) is 7.88. The van der Waals surface area contributed by atoms with Crippen LogP contribution >= 0.6 is 0 Å². The Kier molecular flexibility index (Phi) is 6.61. The molecule has 0 saturated carbocycles. The molecule has 2 amide bonds. The van der Waals surface area contributed by atoms with Crippen LogP contribution in [0.3, 0.4) is 0 Å². The van der Waals surface area contributed by atoms with Gasteiger partial charge in [-0.2, -0.15) is 0 Å². The topological polar surface area (TPSA) is 52.9 Å².